The molecule has 1 rings (SSSR count). The van der Waals surface area contributed by atoms with Crippen LogP contribution >= 0.6 is 0 Å². The van der Waals surface area contributed by atoms with E-state index in [9.17, 15) is 9.59 Å². The van der Waals surface area contributed by atoms with Crippen LogP contribution in [0.1, 0.15) is 12.8 Å². The SMILES string of the molecule is COCCNC(=O)CN1CCCC1C(=O)OC. The Balaban J connectivity index is 2.34. The molecular weight excluding hydrogens is 224 g/mol. The predicted molar refractivity (Wildman–Crippen MR) is 61.5 cm³/mol. The number of amides is 1. The molecule has 0 aliphatic carbocycles. The van der Waals surface area contributed by atoms with Crippen LogP contribution in [0.4, 0.5) is 0 Å². The number of carbonyl (C=O) groups is 2. The lowest BCUT2D eigenvalue weighted by molar-refractivity contribution is -0.146. The Morgan fingerprint density at radius 3 is 2.82 bits per heavy atom. The van der Waals surface area contributed by atoms with Gasteiger partial charge in [0.05, 0.1) is 20.3 Å². The van der Waals surface area contributed by atoms with Gasteiger partial charge < -0.3 is 14.8 Å². The summed E-state index contributed by atoms with van der Waals surface area (Å²) in [5.41, 5.74) is 0. The fourth-order valence-corrected chi connectivity index (χ4v) is 1.95. The van der Waals surface area contributed by atoms with Gasteiger partial charge in [-0.15, -0.1) is 0 Å². The van der Waals surface area contributed by atoms with E-state index in [0.717, 1.165) is 19.4 Å². The fraction of sp³-hybridized carbons (Fsp3) is 0.818. The van der Waals surface area contributed by atoms with Gasteiger partial charge >= 0.3 is 5.97 Å². The number of rotatable bonds is 6. The number of nitrogens with zero attached hydrogens (tertiary/aromatic N) is 1. The lowest BCUT2D eigenvalue weighted by Crippen LogP contribution is -2.43. The van der Waals surface area contributed by atoms with Crippen LogP contribution in [0.5, 0.6) is 0 Å². The molecule has 98 valence electrons. The number of hydrogen-bond acceptors (Lipinski definition) is 5. The largest absolute Gasteiger partial charge is 0.468 e. The first-order chi connectivity index (χ1) is 8.19. The number of likely N-dealkylation sites (tertiary alicyclic amines) is 1. The zero-order valence-electron chi connectivity index (χ0n) is 10.4. The van der Waals surface area contributed by atoms with E-state index in [0.29, 0.717) is 13.2 Å². The van der Waals surface area contributed by atoms with E-state index >= 15 is 0 Å². The van der Waals surface area contributed by atoms with Crippen molar-refractivity contribution < 1.29 is 19.1 Å². The third-order valence-corrected chi connectivity index (χ3v) is 2.81. The van der Waals surface area contributed by atoms with Gasteiger partial charge in [0.1, 0.15) is 6.04 Å². The Morgan fingerprint density at radius 1 is 1.41 bits per heavy atom. The van der Waals surface area contributed by atoms with Gasteiger partial charge in [0.2, 0.25) is 5.91 Å². The summed E-state index contributed by atoms with van der Waals surface area (Å²) in [5.74, 6) is -0.343. The summed E-state index contributed by atoms with van der Waals surface area (Å²) in [6.07, 6.45) is 1.68. The average molecular weight is 244 g/mol. The quantitative estimate of drug-likeness (QED) is 0.498. The summed E-state index contributed by atoms with van der Waals surface area (Å²) in [4.78, 5) is 24.9. The molecule has 6 heteroatoms. The highest BCUT2D eigenvalue weighted by Crippen LogP contribution is 2.17. The highest BCUT2D eigenvalue weighted by atomic mass is 16.5. The first-order valence-electron chi connectivity index (χ1n) is 5.76. The summed E-state index contributed by atoms with van der Waals surface area (Å²) in [6, 6.07) is -0.270. The molecule has 1 heterocycles. The minimum atomic E-state index is -0.270. The molecule has 1 saturated heterocycles. The van der Waals surface area contributed by atoms with Crippen LogP contribution in [0.3, 0.4) is 0 Å². The van der Waals surface area contributed by atoms with Crippen LogP contribution in [-0.4, -0.2) is 63.3 Å². The van der Waals surface area contributed by atoms with E-state index in [-0.39, 0.29) is 24.5 Å². The lowest BCUT2D eigenvalue weighted by atomic mass is 10.2. The Bertz CT molecular complexity index is 270. The Labute approximate surface area is 101 Å². The van der Waals surface area contributed by atoms with Gasteiger partial charge in [-0.1, -0.05) is 0 Å². The van der Waals surface area contributed by atoms with E-state index in [1.807, 2.05) is 4.90 Å². The second-order valence-corrected chi connectivity index (χ2v) is 3.99. The van der Waals surface area contributed by atoms with E-state index in [4.69, 9.17) is 9.47 Å². The summed E-state index contributed by atoms with van der Waals surface area (Å²) in [6.45, 7) is 1.99. The summed E-state index contributed by atoms with van der Waals surface area (Å²) in [7, 11) is 2.96. The second-order valence-electron chi connectivity index (χ2n) is 3.99. The fourth-order valence-electron chi connectivity index (χ4n) is 1.95. The molecule has 1 aliphatic heterocycles. The van der Waals surface area contributed by atoms with Crippen molar-refractivity contribution in [1.82, 2.24) is 10.2 Å². The van der Waals surface area contributed by atoms with Crippen molar-refractivity contribution in [2.45, 2.75) is 18.9 Å². The van der Waals surface area contributed by atoms with Gasteiger partial charge in [0.25, 0.3) is 0 Å². The van der Waals surface area contributed by atoms with Crippen molar-refractivity contribution in [3.8, 4) is 0 Å². The number of esters is 1. The van der Waals surface area contributed by atoms with E-state index in [1.54, 1.807) is 7.11 Å². The zero-order chi connectivity index (χ0) is 12.7. The molecule has 6 nitrogen and oxygen atoms in total. The molecule has 0 aromatic heterocycles. The third kappa shape index (κ3) is 4.32. The molecule has 0 spiro atoms. The Kier molecular flexibility index (Phi) is 5.93. The summed E-state index contributed by atoms with van der Waals surface area (Å²) in [5, 5.41) is 2.73. The second kappa shape index (κ2) is 7.24. The van der Waals surface area contributed by atoms with Gasteiger partial charge in [-0.05, 0) is 19.4 Å². The molecule has 0 bridgehead atoms. The molecule has 1 fully saturated rings. The maximum Gasteiger partial charge on any atom is 0.323 e. The molecular formula is C11H20N2O4. The molecule has 17 heavy (non-hydrogen) atoms. The van der Waals surface area contributed by atoms with Gasteiger partial charge in [-0.2, -0.15) is 0 Å². The van der Waals surface area contributed by atoms with Gasteiger partial charge in [0.15, 0.2) is 0 Å². The molecule has 0 saturated carbocycles. The molecule has 0 aromatic rings. The van der Waals surface area contributed by atoms with Gasteiger partial charge in [-0.25, -0.2) is 0 Å². The maximum absolute atomic E-state index is 11.6. The molecule has 1 N–H and O–H groups in total. The molecule has 1 atom stereocenters. The average Bonchev–Trinajstić information content (AvgIpc) is 2.76. The van der Waals surface area contributed by atoms with Crippen molar-refractivity contribution >= 4 is 11.9 Å². The summed E-state index contributed by atoms with van der Waals surface area (Å²) < 4.78 is 9.55. The first kappa shape index (κ1) is 13.9. The van der Waals surface area contributed by atoms with Crippen molar-refractivity contribution in [3.63, 3.8) is 0 Å². The van der Waals surface area contributed by atoms with Crippen molar-refractivity contribution in [2.75, 3.05) is 40.5 Å². The molecule has 1 amide bonds. The molecule has 0 radical (unpaired) electrons. The number of hydrogen-bond donors (Lipinski definition) is 1. The zero-order valence-corrected chi connectivity index (χ0v) is 10.4. The standard InChI is InChI=1S/C11H20N2O4/c1-16-7-5-12-10(14)8-13-6-3-4-9(13)11(15)17-2/h9H,3-8H2,1-2H3,(H,12,14). The maximum atomic E-state index is 11.6. The minimum Gasteiger partial charge on any atom is -0.468 e. The van der Waals surface area contributed by atoms with E-state index in [2.05, 4.69) is 5.32 Å². The molecule has 1 aliphatic rings. The van der Waals surface area contributed by atoms with Crippen molar-refractivity contribution in [3.05, 3.63) is 0 Å². The normalized spacial score (nSPS) is 20.2. The van der Waals surface area contributed by atoms with Crippen LogP contribution in [0.15, 0.2) is 0 Å². The molecule has 0 aromatic carbocycles. The van der Waals surface area contributed by atoms with Crippen LogP contribution in [0.25, 0.3) is 0 Å². The monoisotopic (exact) mass is 244 g/mol. The summed E-state index contributed by atoms with van der Waals surface area (Å²) >= 11 is 0. The third-order valence-electron chi connectivity index (χ3n) is 2.81. The van der Waals surface area contributed by atoms with Crippen molar-refractivity contribution in [1.29, 1.82) is 0 Å². The number of nitrogens with one attached hydrogen (secondary N) is 1. The topological polar surface area (TPSA) is 67.9 Å². The van der Waals surface area contributed by atoms with Crippen molar-refractivity contribution in [2.24, 2.45) is 0 Å². The predicted octanol–water partition coefficient (Wildman–Crippen LogP) is -0.614. The van der Waals surface area contributed by atoms with Gasteiger partial charge in [0, 0.05) is 13.7 Å². The first-order valence-corrected chi connectivity index (χ1v) is 5.76. The van der Waals surface area contributed by atoms with E-state index in [1.165, 1.54) is 7.11 Å². The van der Waals surface area contributed by atoms with Crippen LogP contribution < -0.4 is 5.32 Å². The van der Waals surface area contributed by atoms with Crippen LogP contribution in [0, 0.1) is 0 Å². The Hall–Kier alpha value is -1.14. The minimum absolute atomic E-state index is 0.0853. The highest BCUT2D eigenvalue weighted by Gasteiger charge is 2.32. The lowest BCUT2D eigenvalue weighted by Gasteiger charge is -2.21. The van der Waals surface area contributed by atoms with E-state index < -0.39 is 0 Å². The Morgan fingerprint density at radius 2 is 2.18 bits per heavy atom. The van der Waals surface area contributed by atoms with Crippen LogP contribution in [-0.2, 0) is 19.1 Å². The number of ether oxygens (including phenoxy) is 2. The van der Waals surface area contributed by atoms with Crippen LogP contribution in [0.2, 0.25) is 0 Å². The smallest absolute Gasteiger partial charge is 0.323 e. The highest BCUT2D eigenvalue weighted by molar-refractivity contribution is 5.80. The number of methoxy groups -OCH3 is 2. The number of carbonyl (C=O) groups excluding carboxylic acids is 2. The van der Waals surface area contributed by atoms with Gasteiger partial charge in [-0.3, -0.25) is 14.5 Å². The molecule has 1 unspecified atom stereocenters.